The number of rotatable bonds is 6. The standard InChI is InChI=1S/C14H19ClO2S/c1-5-6-18-8-11(16)13-10(3)14(15)9(2)7-12(13)17-4/h7H,5-6,8H2,1-4H3. The molecule has 0 N–H and O–H groups in total. The summed E-state index contributed by atoms with van der Waals surface area (Å²) in [5.41, 5.74) is 2.37. The molecule has 0 radical (unpaired) electrons. The van der Waals surface area contributed by atoms with Crippen LogP contribution in [-0.4, -0.2) is 24.4 Å². The third-order valence-corrected chi connectivity index (χ3v) is 4.47. The molecule has 0 aliphatic heterocycles. The molecule has 1 aromatic rings. The van der Waals surface area contributed by atoms with Crippen LogP contribution < -0.4 is 4.74 Å². The van der Waals surface area contributed by atoms with E-state index in [0.29, 0.717) is 22.1 Å². The summed E-state index contributed by atoms with van der Waals surface area (Å²) in [6.07, 6.45) is 1.07. The fourth-order valence-corrected chi connectivity index (χ4v) is 2.72. The number of carbonyl (C=O) groups is 1. The predicted molar refractivity (Wildman–Crippen MR) is 79.4 cm³/mol. The van der Waals surface area contributed by atoms with Gasteiger partial charge in [-0.3, -0.25) is 4.79 Å². The van der Waals surface area contributed by atoms with Crippen molar-refractivity contribution in [1.82, 2.24) is 0 Å². The number of ketones is 1. The van der Waals surface area contributed by atoms with Gasteiger partial charge >= 0.3 is 0 Å². The first-order valence-corrected chi connectivity index (χ1v) is 7.50. The second kappa shape index (κ2) is 7.05. The van der Waals surface area contributed by atoms with Gasteiger partial charge in [-0.25, -0.2) is 0 Å². The van der Waals surface area contributed by atoms with Gasteiger partial charge < -0.3 is 4.74 Å². The second-order valence-electron chi connectivity index (χ2n) is 4.19. The molecule has 0 atom stereocenters. The van der Waals surface area contributed by atoms with E-state index in [4.69, 9.17) is 16.3 Å². The molecule has 0 spiro atoms. The first-order chi connectivity index (χ1) is 8.52. The van der Waals surface area contributed by atoms with Gasteiger partial charge in [0.05, 0.1) is 18.4 Å². The Morgan fingerprint density at radius 1 is 1.44 bits per heavy atom. The Balaban J connectivity index is 3.06. The number of halogens is 1. The molecular weight excluding hydrogens is 268 g/mol. The summed E-state index contributed by atoms with van der Waals surface area (Å²) in [4.78, 5) is 12.2. The van der Waals surface area contributed by atoms with Gasteiger partial charge in [-0.15, -0.1) is 0 Å². The van der Waals surface area contributed by atoms with E-state index >= 15 is 0 Å². The van der Waals surface area contributed by atoms with Crippen molar-refractivity contribution in [1.29, 1.82) is 0 Å². The Kier molecular flexibility index (Phi) is 6.03. The lowest BCUT2D eigenvalue weighted by Crippen LogP contribution is -2.09. The molecule has 2 nitrogen and oxygen atoms in total. The molecule has 0 saturated heterocycles. The highest BCUT2D eigenvalue weighted by Gasteiger charge is 2.18. The Morgan fingerprint density at radius 3 is 2.67 bits per heavy atom. The number of hydrogen-bond acceptors (Lipinski definition) is 3. The highest BCUT2D eigenvalue weighted by molar-refractivity contribution is 7.99. The fourth-order valence-electron chi connectivity index (χ4n) is 1.81. The van der Waals surface area contributed by atoms with Gasteiger partial charge in [-0.1, -0.05) is 18.5 Å². The van der Waals surface area contributed by atoms with E-state index in [0.717, 1.165) is 23.3 Å². The molecule has 0 aliphatic carbocycles. The molecule has 0 amide bonds. The molecule has 0 saturated carbocycles. The van der Waals surface area contributed by atoms with Crippen molar-refractivity contribution in [2.24, 2.45) is 0 Å². The number of carbonyl (C=O) groups excluding carboxylic acids is 1. The van der Waals surface area contributed by atoms with Gasteiger partial charge in [0.2, 0.25) is 0 Å². The SMILES string of the molecule is CCCSCC(=O)c1c(OC)cc(C)c(Cl)c1C. The summed E-state index contributed by atoms with van der Waals surface area (Å²) in [7, 11) is 1.58. The third-order valence-electron chi connectivity index (χ3n) is 2.72. The fraction of sp³-hybridized carbons (Fsp3) is 0.500. The molecule has 18 heavy (non-hydrogen) atoms. The zero-order chi connectivity index (χ0) is 13.7. The number of Topliss-reactive ketones (excluding diaryl/α,β-unsaturated/α-hetero) is 1. The monoisotopic (exact) mass is 286 g/mol. The van der Waals surface area contributed by atoms with Crippen LogP contribution in [0.3, 0.4) is 0 Å². The minimum atomic E-state index is 0.0877. The van der Waals surface area contributed by atoms with Crippen LogP contribution in [0, 0.1) is 13.8 Å². The molecule has 1 rings (SSSR count). The Bertz CT molecular complexity index is 444. The first-order valence-electron chi connectivity index (χ1n) is 5.97. The lowest BCUT2D eigenvalue weighted by Gasteiger charge is -2.14. The number of aryl methyl sites for hydroxylation is 1. The molecule has 0 aliphatic rings. The van der Waals surface area contributed by atoms with Crippen LogP contribution in [0.4, 0.5) is 0 Å². The molecule has 0 heterocycles. The number of methoxy groups -OCH3 is 1. The lowest BCUT2D eigenvalue weighted by molar-refractivity contribution is 0.101. The summed E-state index contributed by atoms with van der Waals surface area (Å²) < 4.78 is 5.30. The second-order valence-corrected chi connectivity index (χ2v) is 5.67. The summed E-state index contributed by atoms with van der Waals surface area (Å²) >= 11 is 7.85. The van der Waals surface area contributed by atoms with Gasteiger partial charge in [0.1, 0.15) is 5.75 Å². The average Bonchev–Trinajstić information content (AvgIpc) is 2.35. The van der Waals surface area contributed by atoms with Gasteiger partial charge in [0.25, 0.3) is 0 Å². The van der Waals surface area contributed by atoms with Crippen LogP contribution in [0.15, 0.2) is 6.07 Å². The van der Waals surface area contributed by atoms with Crippen LogP contribution in [0.25, 0.3) is 0 Å². The first kappa shape index (κ1) is 15.4. The molecule has 0 unspecified atom stereocenters. The Morgan fingerprint density at radius 2 is 2.11 bits per heavy atom. The van der Waals surface area contributed by atoms with Crippen LogP contribution in [-0.2, 0) is 0 Å². The van der Waals surface area contributed by atoms with Crippen molar-refractivity contribution in [2.45, 2.75) is 27.2 Å². The van der Waals surface area contributed by atoms with E-state index in [9.17, 15) is 4.79 Å². The minimum Gasteiger partial charge on any atom is -0.496 e. The van der Waals surface area contributed by atoms with E-state index in [2.05, 4.69) is 6.92 Å². The minimum absolute atomic E-state index is 0.0877. The van der Waals surface area contributed by atoms with Crippen molar-refractivity contribution in [3.05, 3.63) is 27.8 Å². The van der Waals surface area contributed by atoms with Crippen LogP contribution in [0.5, 0.6) is 5.75 Å². The summed E-state index contributed by atoms with van der Waals surface area (Å²) in [6, 6.07) is 1.83. The third kappa shape index (κ3) is 3.42. The van der Waals surface area contributed by atoms with Crippen molar-refractivity contribution >= 4 is 29.1 Å². The zero-order valence-corrected chi connectivity index (χ0v) is 12.9. The van der Waals surface area contributed by atoms with Crippen LogP contribution in [0.2, 0.25) is 5.02 Å². The molecule has 1 aromatic carbocycles. The lowest BCUT2D eigenvalue weighted by atomic mass is 10.0. The Labute approximate surface area is 118 Å². The van der Waals surface area contributed by atoms with Gasteiger partial charge in [-0.2, -0.15) is 11.8 Å². The number of hydrogen-bond donors (Lipinski definition) is 0. The molecule has 0 fully saturated rings. The average molecular weight is 287 g/mol. The highest BCUT2D eigenvalue weighted by atomic mass is 35.5. The number of benzene rings is 1. The van der Waals surface area contributed by atoms with E-state index < -0.39 is 0 Å². The van der Waals surface area contributed by atoms with E-state index in [-0.39, 0.29) is 5.78 Å². The van der Waals surface area contributed by atoms with Crippen LogP contribution in [0.1, 0.15) is 34.8 Å². The molecule has 4 heteroatoms. The van der Waals surface area contributed by atoms with E-state index in [1.807, 2.05) is 19.9 Å². The van der Waals surface area contributed by atoms with Crippen molar-refractivity contribution < 1.29 is 9.53 Å². The zero-order valence-electron chi connectivity index (χ0n) is 11.3. The highest BCUT2D eigenvalue weighted by Crippen LogP contribution is 2.32. The molecule has 100 valence electrons. The van der Waals surface area contributed by atoms with E-state index in [1.165, 1.54) is 0 Å². The molecule has 0 bridgehead atoms. The Hall–Kier alpha value is -0.670. The maximum Gasteiger partial charge on any atom is 0.176 e. The van der Waals surface area contributed by atoms with Gasteiger partial charge in [0.15, 0.2) is 5.78 Å². The van der Waals surface area contributed by atoms with Crippen molar-refractivity contribution in [3.63, 3.8) is 0 Å². The maximum absolute atomic E-state index is 12.2. The van der Waals surface area contributed by atoms with Crippen LogP contribution >= 0.6 is 23.4 Å². The molecule has 0 aromatic heterocycles. The van der Waals surface area contributed by atoms with Gasteiger partial charge in [-0.05, 0) is 43.2 Å². The largest absolute Gasteiger partial charge is 0.496 e. The molecular formula is C14H19ClO2S. The number of thioether (sulfide) groups is 1. The summed E-state index contributed by atoms with van der Waals surface area (Å²) in [5, 5.41) is 0.652. The topological polar surface area (TPSA) is 26.3 Å². The predicted octanol–water partition coefficient (Wildman–Crippen LogP) is 4.29. The van der Waals surface area contributed by atoms with Gasteiger partial charge in [0, 0.05) is 5.02 Å². The summed E-state index contributed by atoms with van der Waals surface area (Å²) in [6.45, 7) is 5.89. The van der Waals surface area contributed by atoms with Crippen molar-refractivity contribution in [2.75, 3.05) is 18.6 Å². The smallest absolute Gasteiger partial charge is 0.176 e. The summed E-state index contributed by atoms with van der Waals surface area (Å²) in [5.74, 6) is 2.18. The maximum atomic E-state index is 12.2. The van der Waals surface area contributed by atoms with Crippen molar-refractivity contribution in [3.8, 4) is 5.75 Å². The quantitative estimate of drug-likeness (QED) is 0.576. The number of ether oxygens (including phenoxy) is 1. The normalized spacial score (nSPS) is 10.5. The van der Waals surface area contributed by atoms with E-state index in [1.54, 1.807) is 18.9 Å².